The van der Waals surface area contributed by atoms with Crippen LogP contribution in [0.2, 0.25) is 5.15 Å². The van der Waals surface area contributed by atoms with Crippen molar-refractivity contribution in [3.63, 3.8) is 0 Å². The van der Waals surface area contributed by atoms with Crippen molar-refractivity contribution in [1.82, 2.24) is 9.38 Å². The molecule has 0 aliphatic rings. The van der Waals surface area contributed by atoms with Crippen molar-refractivity contribution in [1.29, 1.82) is 0 Å². The van der Waals surface area contributed by atoms with Gasteiger partial charge >= 0.3 is 0 Å². The van der Waals surface area contributed by atoms with Gasteiger partial charge in [0.25, 0.3) is 0 Å². The molecule has 0 aliphatic heterocycles. The molecule has 0 saturated heterocycles. The minimum atomic E-state index is -3.24. The van der Waals surface area contributed by atoms with E-state index in [0.717, 1.165) is 11.0 Å². The average Bonchev–Trinajstić information content (AvgIpc) is 2.77. The number of sulfone groups is 1. The zero-order valence-corrected chi connectivity index (χ0v) is 11.0. The maximum atomic E-state index is 11.5. The molecule has 6 heteroatoms. The number of rotatable bonds is 1. The molecule has 2 aromatic heterocycles. The molecular formula is C12H9ClN2O2S. The van der Waals surface area contributed by atoms with Crippen LogP contribution in [0.5, 0.6) is 0 Å². The maximum absolute atomic E-state index is 11.5. The van der Waals surface area contributed by atoms with Gasteiger partial charge in [-0.25, -0.2) is 13.4 Å². The maximum Gasteiger partial charge on any atom is 0.175 e. The summed E-state index contributed by atoms with van der Waals surface area (Å²) >= 11 is 6.06. The van der Waals surface area contributed by atoms with E-state index in [9.17, 15) is 8.42 Å². The first-order valence-corrected chi connectivity index (χ1v) is 7.50. The monoisotopic (exact) mass is 280 g/mol. The molecule has 0 saturated carbocycles. The first kappa shape index (κ1) is 11.5. The van der Waals surface area contributed by atoms with Crippen molar-refractivity contribution in [3.05, 3.63) is 41.7 Å². The minimum absolute atomic E-state index is 0.241. The largest absolute Gasteiger partial charge is 0.312 e. The van der Waals surface area contributed by atoms with Crippen LogP contribution in [0.3, 0.4) is 0 Å². The number of halogens is 1. The molecule has 0 radical (unpaired) electrons. The van der Waals surface area contributed by atoms with Gasteiger partial charge in [0.15, 0.2) is 15.0 Å². The summed E-state index contributed by atoms with van der Waals surface area (Å²) in [5.74, 6) is 0. The SMILES string of the molecule is CS(=O)(=O)c1ccc2c(c1)nc(Cl)c1cccn12. The number of nitrogens with zero attached hydrogens (tertiary/aromatic N) is 2. The summed E-state index contributed by atoms with van der Waals surface area (Å²) < 4.78 is 24.9. The Hall–Kier alpha value is -1.59. The summed E-state index contributed by atoms with van der Waals surface area (Å²) in [6.07, 6.45) is 3.04. The highest BCUT2D eigenvalue weighted by atomic mass is 35.5. The lowest BCUT2D eigenvalue weighted by atomic mass is 10.3. The van der Waals surface area contributed by atoms with Crippen molar-refractivity contribution >= 4 is 38.0 Å². The lowest BCUT2D eigenvalue weighted by Crippen LogP contribution is -1.98. The molecule has 0 atom stereocenters. The normalized spacial score (nSPS) is 12.3. The Labute approximate surface area is 109 Å². The Kier molecular flexibility index (Phi) is 2.36. The standard InChI is InChI=1S/C12H9ClN2O2S/c1-18(16,17)8-4-5-10-9(7-8)14-12(13)11-3-2-6-15(10)11/h2-7H,1H3. The van der Waals surface area contributed by atoms with Gasteiger partial charge in [-0.15, -0.1) is 0 Å². The molecule has 0 fully saturated rings. The van der Waals surface area contributed by atoms with Crippen LogP contribution in [-0.4, -0.2) is 24.1 Å². The van der Waals surface area contributed by atoms with Gasteiger partial charge < -0.3 is 4.40 Å². The highest BCUT2D eigenvalue weighted by Gasteiger charge is 2.11. The van der Waals surface area contributed by atoms with Gasteiger partial charge in [-0.2, -0.15) is 0 Å². The lowest BCUT2D eigenvalue weighted by molar-refractivity contribution is 0.602. The van der Waals surface area contributed by atoms with Crippen LogP contribution < -0.4 is 0 Å². The van der Waals surface area contributed by atoms with E-state index >= 15 is 0 Å². The summed E-state index contributed by atoms with van der Waals surface area (Å²) in [7, 11) is -3.24. The third-order valence-corrected chi connectivity index (χ3v) is 4.20. The quantitative estimate of drug-likeness (QED) is 0.688. The first-order chi connectivity index (χ1) is 8.47. The van der Waals surface area contributed by atoms with Crippen LogP contribution in [0.15, 0.2) is 41.4 Å². The van der Waals surface area contributed by atoms with Gasteiger partial charge in [0.2, 0.25) is 0 Å². The molecule has 0 amide bonds. The average molecular weight is 281 g/mol. The minimum Gasteiger partial charge on any atom is -0.312 e. The Morgan fingerprint density at radius 1 is 1.22 bits per heavy atom. The number of fused-ring (bicyclic) bond motifs is 3. The second-order valence-corrected chi connectivity index (χ2v) is 6.46. The van der Waals surface area contributed by atoms with E-state index in [1.807, 2.05) is 22.7 Å². The molecule has 4 nitrogen and oxygen atoms in total. The predicted octanol–water partition coefficient (Wildman–Crippen LogP) is 2.54. The molecule has 0 spiro atoms. The van der Waals surface area contributed by atoms with Crippen LogP contribution in [0, 0.1) is 0 Å². The number of hydrogen-bond acceptors (Lipinski definition) is 3. The molecule has 18 heavy (non-hydrogen) atoms. The second kappa shape index (κ2) is 3.70. The first-order valence-electron chi connectivity index (χ1n) is 5.23. The molecule has 2 heterocycles. The lowest BCUT2D eigenvalue weighted by Gasteiger charge is -2.05. The summed E-state index contributed by atoms with van der Waals surface area (Å²) in [6.45, 7) is 0. The number of benzene rings is 1. The van der Waals surface area contributed by atoms with Gasteiger partial charge in [-0.3, -0.25) is 0 Å². The molecule has 0 aliphatic carbocycles. The highest BCUT2D eigenvalue weighted by molar-refractivity contribution is 7.90. The molecule has 0 unspecified atom stereocenters. The van der Waals surface area contributed by atoms with Crippen molar-refractivity contribution in [3.8, 4) is 0 Å². The van der Waals surface area contributed by atoms with Crippen LogP contribution in [0.1, 0.15) is 0 Å². The molecule has 3 aromatic rings. The van der Waals surface area contributed by atoms with Crippen LogP contribution >= 0.6 is 11.6 Å². The Balaban J connectivity index is 2.46. The van der Waals surface area contributed by atoms with Crippen molar-refractivity contribution in [2.45, 2.75) is 4.90 Å². The van der Waals surface area contributed by atoms with Gasteiger partial charge in [0, 0.05) is 12.5 Å². The molecule has 0 N–H and O–H groups in total. The highest BCUT2D eigenvalue weighted by Crippen LogP contribution is 2.24. The fraction of sp³-hybridized carbons (Fsp3) is 0.0833. The van der Waals surface area contributed by atoms with E-state index in [-0.39, 0.29) is 4.90 Å². The van der Waals surface area contributed by atoms with Crippen molar-refractivity contribution in [2.24, 2.45) is 0 Å². The van der Waals surface area contributed by atoms with E-state index in [0.29, 0.717) is 10.7 Å². The van der Waals surface area contributed by atoms with Crippen LogP contribution in [0.4, 0.5) is 0 Å². The third-order valence-electron chi connectivity index (χ3n) is 2.81. The molecular weight excluding hydrogens is 272 g/mol. The zero-order chi connectivity index (χ0) is 12.9. The van der Waals surface area contributed by atoms with Gasteiger partial charge in [-0.05, 0) is 30.3 Å². The van der Waals surface area contributed by atoms with Crippen LogP contribution in [-0.2, 0) is 9.84 Å². The summed E-state index contributed by atoms with van der Waals surface area (Å²) in [5.41, 5.74) is 2.19. The van der Waals surface area contributed by atoms with Gasteiger partial charge in [0.05, 0.1) is 21.4 Å². The van der Waals surface area contributed by atoms with Crippen molar-refractivity contribution < 1.29 is 8.42 Å². The third kappa shape index (κ3) is 1.67. The predicted molar refractivity (Wildman–Crippen MR) is 70.8 cm³/mol. The Morgan fingerprint density at radius 3 is 2.72 bits per heavy atom. The van der Waals surface area contributed by atoms with E-state index in [1.54, 1.807) is 12.1 Å². The smallest absolute Gasteiger partial charge is 0.175 e. The zero-order valence-electron chi connectivity index (χ0n) is 9.46. The molecule has 1 aromatic carbocycles. The molecule has 92 valence electrons. The van der Waals surface area contributed by atoms with E-state index in [4.69, 9.17) is 11.6 Å². The fourth-order valence-corrected chi connectivity index (χ4v) is 2.84. The van der Waals surface area contributed by atoms with E-state index in [2.05, 4.69) is 4.98 Å². The van der Waals surface area contributed by atoms with E-state index < -0.39 is 9.84 Å². The van der Waals surface area contributed by atoms with E-state index in [1.165, 1.54) is 12.3 Å². The topological polar surface area (TPSA) is 51.4 Å². The second-order valence-electron chi connectivity index (χ2n) is 4.09. The Morgan fingerprint density at radius 2 is 2.00 bits per heavy atom. The summed E-state index contributed by atoms with van der Waals surface area (Å²) in [6, 6.07) is 8.58. The van der Waals surface area contributed by atoms with Crippen LogP contribution in [0.25, 0.3) is 16.6 Å². The molecule has 3 rings (SSSR count). The van der Waals surface area contributed by atoms with Crippen molar-refractivity contribution in [2.75, 3.05) is 6.26 Å². The number of aromatic nitrogens is 2. The van der Waals surface area contributed by atoms with Gasteiger partial charge in [-0.1, -0.05) is 11.6 Å². The van der Waals surface area contributed by atoms with Gasteiger partial charge in [0.1, 0.15) is 0 Å². The summed E-state index contributed by atoms with van der Waals surface area (Å²) in [5, 5.41) is 0.359. The molecule has 0 bridgehead atoms. The Bertz CT molecular complexity index is 868. The fourth-order valence-electron chi connectivity index (χ4n) is 1.95. The number of hydrogen-bond donors (Lipinski definition) is 0. The summed E-state index contributed by atoms with van der Waals surface area (Å²) in [4.78, 5) is 4.47.